The van der Waals surface area contributed by atoms with Gasteiger partial charge < -0.3 is 21.1 Å². The van der Waals surface area contributed by atoms with Gasteiger partial charge in [0.05, 0.1) is 30.9 Å². The lowest BCUT2D eigenvalue weighted by molar-refractivity contribution is -0.149. The lowest BCUT2D eigenvalue weighted by Crippen LogP contribution is -2.52. The fourth-order valence-electron chi connectivity index (χ4n) is 1.25. The SMILES string of the molecule is O=C(CC(O)(CC(=O)NCCl)C(=O)NCCl)NCCl. The van der Waals surface area contributed by atoms with Crippen LogP contribution in [-0.4, -0.2) is 46.4 Å². The summed E-state index contributed by atoms with van der Waals surface area (Å²) in [6.45, 7) is 0. The molecule has 0 rings (SSSR count). The highest BCUT2D eigenvalue weighted by Gasteiger charge is 2.40. The van der Waals surface area contributed by atoms with Crippen LogP contribution in [0.1, 0.15) is 12.8 Å². The van der Waals surface area contributed by atoms with Gasteiger partial charge in [-0.15, -0.1) is 34.8 Å². The van der Waals surface area contributed by atoms with E-state index in [1.54, 1.807) is 0 Å². The first-order valence-electron chi connectivity index (χ1n) is 5.11. The number of carbonyl (C=O) groups is 3. The predicted octanol–water partition coefficient (Wildman–Crippen LogP) is -0.565. The highest BCUT2D eigenvalue weighted by molar-refractivity contribution is 6.19. The van der Waals surface area contributed by atoms with Crippen LogP contribution in [0.15, 0.2) is 0 Å². The van der Waals surface area contributed by atoms with Crippen LogP contribution >= 0.6 is 34.8 Å². The molecule has 0 radical (unpaired) electrons. The predicted molar refractivity (Wildman–Crippen MR) is 70.8 cm³/mol. The van der Waals surface area contributed by atoms with Crippen LogP contribution in [0.25, 0.3) is 0 Å². The maximum atomic E-state index is 11.7. The fraction of sp³-hybridized carbons (Fsp3) is 0.667. The Kier molecular flexibility index (Phi) is 8.82. The van der Waals surface area contributed by atoms with Crippen LogP contribution in [0.2, 0.25) is 0 Å². The summed E-state index contributed by atoms with van der Waals surface area (Å²) in [7, 11) is 0. The standard InChI is InChI=1S/C9H14Cl3N3O4/c10-3-13-6(16)1-9(19,8(18)15-5-12)2-7(17)14-4-11/h19H,1-5H2,(H,13,16)(H,14,17)(H,15,18). The van der Waals surface area contributed by atoms with Gasteiger partial charge in [-0.3, -0.25) is 14.4 Å². The zero-order valence-corrected chi connectivity index (χ0v) is 12.1. The molecule has 110 valence electrons. The molecule has 3 amide bonds. The maximum absolute atomic E-state index is 11.7. The van der Waals surface area contributed by atoms with Gasteiger partial charge >= 0.3 is 0 Å². The molecule has 0 aromatic rings. The number of hydrogen-bond acceptors (Lipinski definition) is 4. The molecule has 0 bridgehead atoms. The van der Waals surface area contributed by atoms with Gasteiger partial charge in [-0.25, -0.2) is 0 Å². The molecule has 0 aliphatic carbocycles. The summed E-state index contributed by atoms with van der Waals surface area (Å²) in [5.41, 5.74) is -2.22. The zero-order valence-electron chi connectivity index (χ0n) is 9.84. The third-order valence-electron chi connectivity index (χ3n) is 2.08. The van der Waals surface area contributed by atoms with E-state index in [4.69, 9.17) is 34.8 Å². The topological polar surface area (TPSA) is 108 Å². The molecule has 0 spiro atoms. The lowest BCUT2D eigenvalue weighted by Gasteiger charge is -2.25. The van der Waals surface area contributed by atoms with Crippen molar-refractivity contribution in [1.29, 1.82) is 0 Å². The maximum Gasteiger partial charge on any atom is 0.253 e. The van der Waals surface area contributed by atoms with Gasteiger partial charge in [-0.1, -0.05) is 0 Å². The van der Waals surface area contributed by atoms with E-state index in [9.17, 15) is 19.5 Å². The number of rotatable bonds is 8. The third-order valence-corrected chi connectivity index (χ3v) is 2.48. The Hall–Kier alpha value is -0.760. The number of aliphatic hydroxyl groups is 1. The molecule has 0 heterocycles. The van der Waals surface area contributed by atoms with Crippen molar-refractivity contribution in [3.8, 4) is 0 Å². The number of carbonyl (C=O) groups excluding carboxylic acids is 3. The van der Waals surface area contributed by atoms with E-state index < -0.39 is 36.2 Å². The quantitative estimate of drug-likeness (QED) is 0.352. The van der Waals surface area contributed by atoms with Gasteiger partial charge in [0.25, 0.3) is 5.91 Å². The Balaban J connectivity index is 4.85. The van der Waals surface area contributed by atoms with Crippen LogP contribution in [0.5, 0.6) is 0 Å². The average molecular weight is 335 g/mol. The minimum Gasteiger partial charge on any atom is -0.379 e. The van der Waals surface area contributed by atoms with E-state index in [0.717, 1.165) is 0 Å². The van der Waals surface area contributed by atoms with Gasteiger partial charge in [0.1, 0.15) is 0 Å². The second-order valence-corrected chi connectivity index (χ2v) is 4.29. The Morgan fingerprint density at radius 2 is 1.21 bits per heavy atom. The van der Waals surface area contributed by atoms with Crippen LogP contribution in [0.3, 0.4) is 0 Å². The Labute approximate surface area is 124 Å². The highest BCUT2D eigenvalue weighted by Crippen LogP contribution is 2.16. The number of hydrogen-bond donors (Lipinski definition) is 4. The second kappa shape index (κ2) is 9.19. The van der Waals surface area contributed by atoms with Crippen molar-refractivity contribution in [2.24, 2.45) is 0 Å². The Morgan fingerprint density at radius 3 is 1.53 bits per heavy atom. The smallest absolute Gasteiger partial charge is 0.253 e. The van der Waals surface area contributed by atoms with Gasteiger partial charge in [0.15, 0.2) is 5.60 Å². The molecular weight excluding hydrogens is 320 g/mol. The first kappa shape index (κ1) is 18.2. The van der Waals surface area contributed by atoms with Crippen molar-refractivity contribution in [2.45, 2.75) is 18.4 Å². The van der Waals surface area contributed by atoms with E-state index in [-0.39, 0.29) is 18.0 Å². The lowest BCUT2D eigenvalue weighted by atomic mass is 9.93. The second-order valence-electron chi connectivity index (χ2n) is 3.49. The monoisotopic (exact) mass is 333 g/mol. The van der Waals surface area contributed by atoms with Crippen LogP contribution in [0.4, 0.5) is 0 Å². The Bertz CT molecular complexity index is 321. The van der Waals surface area contributed by atoms with Crippen molar-refractivity contribution < 1.29 is 19.5 Å². The summed E-state index contributed by atoms with van der Waals surface area (Å²) in [6.07, 6.45) is -1.25. The van der Waals surface area contributed by atoms with Crippen molar-refractivity contribution in [2.75, 3.05) is 18.0 Å². The van der Waals surface area contributed by atoms with Crippen molar-refractivity contribution in [3.63, 3.8) is 0 Å². The fourth-order valence-corrected chi connectivity index (χ4v) is 1.67. The van der Waals surface area contributed by atoms with Crippen molar-refractivity contribution in [3.05, 3.63) is 0 Å². The van der Waals surface area contributed by atoms with Crippen LogP contribution in [-0.2, 0) is 14.4 Å². The van der Waals surface area contributed by atoms with E-state index in [0.29, 0.717) is 0 Å². The zero-order chi connectivity index (χ0) is 14.9. The largest absolute Gasteiger partial charge is 0.379 e. The first-order valence-corrected chi connectivity index (χ1v) is 6.72. The number of alkyl halides is 3. The van der Waals surface area contributed by atoms with E-state index >= 15 is 0 Å². The number of amides is 3. The van der Waals surface area contributed by atoms with E-state index in [1.165, 1.54) is 0 Å². The van der Waals surface area contributed by atoms with Gasteiger partial charge in [-0.2, -0.15) is 0 Å². The summed E-state index contributed by atoms with van der Waals surface area (Å²) < 4.78 is 0. The molecule has 19 heavy (non-hydrogen) atoms. The Morgan fingerprint density at radius 1 is 0.842 bits per heavy atom. The normalized spacial score (nSPS) is 10.7. The van der Waals surface area contributed by atoms with Gasteiger partial charge in [0, 0.05) is 0 Å². The molecule has 0 saturated heterocycles. The third kappa shape index (κ3) is 6.81. The minimum absolute atomic E-state index is 0.181. The molecule has 0 atom stereocenters. The molecule has 4 N–H and O–H groups in total. The van der Waals surface area contributed by atoms with Crippen LogP contribution in [0, 0.1) is 0 Å². The molecule has 0 aliphatic heterocycles. The summed E-state index contributed by atoms with van der Waals surface area (Å²) >= 11 is 15.9. The first-order chi connectivity index (χ1) is 8.89. The molecular formula is C9H14Cl3N3O4. The van der Waals surface area contributed by atoms with Gasteiger partial charge in [-0.05, 0) is 0 Å². The van der Waals surface area contributed by atoms with Gasteiger partial charge in [0.2, 0.25) is 11.8 Å². The molecule has 0 aromatic carbocycles. The van der Waals surface area contributed by atoms with E-state index in [1.807, 2.05) is 0 Å². The number of halogens is 3. The van der Waals surface area contributed by atoms with Crippen LogP contribution < -0.4 is 16.0 Å². The van der Waals surface area contributed by atoms with Crippen molar-refractivity contribution >= 4 is 52.5 Å². The molecule has 7 nitrogen and oxygen atoms in total. The molecule has 0 aliphatic rings. The highest BCUT2D eigenvalue weighted by atomic mass is 35.5. The number of nitrogens with one attached hydrogen (secondary N) is 3. The minimum atomic E-state index is -2.22. The summed E-state index contributed by atoms with van der Waals surface area (Å²) in [5.74, 6) is -2.29. The summed E-state index contributed by atoms with van der Waals surface area (Å²) in [5, 5.41) is 16.7. The molecule has 0 unspecified atom stereocenters. The molecule has 0 fully saturated rings. The average Bonchev–Trinajstić information content (AvgIpc) is 2.29. The van der Waals surface area contributed by atoms with E-state index in [2.05, 4.69) is 16.0 Å². The van der Waals surface area contributed by atoms with Crippen molar-refractivity contribution in [1.82, 2.24) is 16.0 Å². The molecule has 0 saturated carbocycles. The molecule has 10 heteroatoms. The molecule has 0 aromatic heterocycles. The summed E-state index contributed by atoms with van der Waals surface area (Å²) in [6, 6.07) is -0.630. The summed E-state index contributed by atoms with van der Waals surface area (Å²) in [4.78, 5) is 34.4.